The van der Waals surface area contributed by atoms with Crippen molar-refractivity contribution in [1.29, 1.82) is 0 Å². The SMILES string of the molecule is CSC1CCCC2=C1CC(COc1c(F)cc(C(F)(F)F)cc1Cl)CC2. The summed E-state index contributed by atoms with van der Waals surface area (Å²) < 4.78 is 57.7. The van der Waals surface area contributed by atoms with Gasteiger partial charge in [0, 0.05) is 5.25 Å². The Labute approximate surface area is 160 Å². The highest BCUT2D eigenvalue weighted by Gasteiger charge is 2.33. The third-order valence-electron chi connectivity index (χ3n) is 5.22. The van der Waals surface area contributed by atoms with Gasteiger partial charge in [0.05, 0.1) is 17.2 Å². The average molecular weight is 409 g/mol. The predicted molar refractivity (Wildman–Crippen MR) is 97.4 cm³/mol. The van der Waals surface area contributed by atoms with E-state index in [2.05, 4.69) is 6.26 Å². The van der Waals surface area contributed by atoms with Crippen molar-refractivity contribution in [1.82, 2.24) is 0 Å². The monoisotopic (exact) mass is 408 g/mol. The number of rotatable bonds is 4. The highest BCUT2D eigenvalue weighted by Crippen LogP contribution is 2.43. The molecule has 1 aromatic rings. The van der Waals surface area contributed by atoms with Crippen molar-refractivity contribution in [3.05, 3.63) is 39.7 Å². The summed E-state index contributed by atoms with van der Waals surface area (Å²) in [5.41, 5.74) is 1.96. The molecule has 0 spiro atoms. The number of hydrogen-bond acceptors (Lipinski definition) is 2. The summed E-state index contributed by atoms with van der Waals surface area (Å²) in [4.78, 5) is 0. The molecular formula is C19H21ClF4OS. The molecule has 0 heterocycles. The third-order valence-corrected chi connectivity index (χ3v) is 6.59. The first-order valence-electron chi connectivity index (χ1n) is 8.72. The Morgan fingerprint density at radius 2 is 2.00 bits per heavy atom. The van der Waals surface area contributed by atoms with Gasteiger partial charge in [-0.25, -0.2) is 4.39 Å². The summed E-state index contributed by atoms with van der Waals surface area (Å²) in [6, 6.07) is 1.15. The van der Waals surface area contributed by atoms with Crippen molar-refractivity contribution < 1.29 is 22.3 Å². The number of ether oxygens (including phenoxy) is 1. The molecule has 2 unspecified atom stereocenters. The van der Waals surface area contributed by atoms with Gasteiger partial charge < -0.3 is 4.74 Å². The molecule has 2 aliphatic rings. The van der Waals surface area contributed by atoms with Crippen LogP contribution in [0.15, 0.2) is 23.3 Å². The second-order valence-electron chi connectivity index (χ2n) is 6.93. The van der Waals surface area contributed by atoms with E-state index in [1.54, 1.807) is 5.57 Å². The van der Waals surface area contributed by atoms with Gasteiger partial charge >= 0.3 is 6.18 Å². The molecule has 0 saturated carbocycles. The Morgan fingerprint density at radius 1 is 1.23 bits per heavy atom. The van der Waals surface area contributed by atoms with Gasteiger partial charge in [-0.2, -0.15) is 24.9 Å². The summed E-state index contributed by atoms with van der Waals surface area (Å²) in [6.45, 7) is 0.264. The van der Waals surface area contributed by atoms with Crippen LogP contribution in [0.25, 0.3) is 0 Å². The molecule has 2 aliphatic carbocycles. The number of benzene rings is 1. The smallest absolute Gasteiger partial charge is 0.416 e. The predicted octanol–water partition coefficient (Wildman–Crippen LogP) is 6.89. The van der Waals surface area contributed by atoms with Crippen molar-refractivity contribution in [2.24, 2.45) is 5.92 Å². The zero-order valence-electron chi connectivity index (χ0n) is 14.5. The zero-order valence-corrected chi connectivity index (χ0v) is 16.0. The maximum atomic E-state index is 14.1. The molecule has 2 atom stereocenters. The van der Waals surface area contributed by atoms with Gasteiger partial charge in [0.1, 0.15) is 0 Å². The minimum atomic E-state index is -4.64. The van der Waals surface area contributed by atoms with Crippen LogP contribution in [0.4, 0.5) is 17.6 Å². The first-order chi connectivity index (χ1) is 12.3. The molecule has 0 bridgehead atoms. The highest BCUT2D eigenvalue weighted by atomic mass is 35.5. The van der Waals surface area contributed by atoms with Gasteiger partial charge in [0.25, 0.3) is 0 Å². The molecular weight excluding hydrogens is 388 g/mol. The maximum Gasteiger partial charge on any atom is 0.416 e. The van der Waals surface area contributed by atoms with Crippen LogP contribution in [-0.2, 0) is 6.18 Å². The molecule has 0 aromatic heterocycles. The van der Waals surface area contributed by atoms with Crippen molar-refractivity contribution >= 4 is 23.4 Å². The van der Waals surface area contributed by atoms with Crippen LogP contribution in [-0.4, -0.2) is 18.1 Å². The quantitative estimate of drug-likeness (QED) is 0.396. The van der Waals surface area contributed by atoms with Gasteiger partial charge in [0.15, 0.2) is 11.6 Å². The Morgan fingerprint density at radius 3 is 2.65 bits per heavy atom. The van der Waals surface area contributed by atoms with Gasteiger partial charge in [-0.1, -0.05) is 22.7 Å². The Hall–Kier alpha value is -0.880. The fourth-order valence-corrected chi connectivity index (χ4v) is 5.09. The Balaban J connectivity index is 1.68. The molecule has 1 aromatic carbocycles. The molecule has 26 heavy (non-hydrogen) atoms. The molecule has 0 N–H and O–H groups in total. The lowest BCUT2D eigenvalue weighted by molar-refractivity contribution is -0.137. The van der Waals surface area contributed by atoms with E-state index < -0.39 is 17.6 Å². The molecule has 1 nitrogen and oxygen atoms in total. The maximum absolute atomic E-state index is 14.1. The van der Waals surface area contributed by atoms with E-state index in [4.69, 9.17) is 16.3 Å². The van der Waals surface area contributed by atoms with E-state index in [1.165, 1.54) is 24.8 Å². The first-order valence-corrected chi connectivity index (χ1v) is 10.4. The fraction of sp³-hybridized carbons (Fsp3) is 0.579. The van der Waals surface area contributed by atoms with Gasteiger partial charge in [-0.3, -0.25) is 0 Å². The van der Waals surface area contributed by atoms with Crippen molar-refractivity contribution in [3.8, 4) is 5.75 Å². The molecule has 0 fully saturated rings. The molecule has 0 saturated heterocycles. The minimum absolute atomic E-state index is 0.235. The van der Waals surface area contributed by atoms with E-state index in [9.17, 15) is 17.6 Å². The van der Waals surface area contributed by atoms with E-state index in [0.717, 1.165) is 19.3 Å². The number of alkyl halides is 3. The lowest BCUT2D eigenvalue weighted by Crippen LogP contribution is -2.25. The largest absolute Gasteiger partial charge is 0.489 e. The van der Waals surface area contributed by atoms with Crippen LogP contribution in [0.3, 0.4) is 0 Å². The molecule has 0 radical (unpaired) electrons. The van der Waals surface area contributed by atoms with Gasteiger partial charge in [-0.15, -0.1) is 0 Å². The van der Waals surface area contributed by atoms with Crippen LogP contribution >= 0.6 is 23.4 Å². The summed E-state index contributed by atoms with van der Waals surface area (Å²) in [5.74, 6) is -1.12. The van der Waals surface area contributed by atoms with E-state index >= 15 is 0 Å². The van der Waals surface area contributed by atoms with Crippen LogP contribution in [0.5, 0.6) is 5.75 Å². The van der Waals surface area contributed by atoms with Crippen LogP contribution < -0.4 is 4.74 Å². The zero-order chi connectivity index (χ0) is 18.9. The summed E-state index contributed by atoms with van der Waals surface area (Å²) in [7, 11) is 0. The van der Waals surface area contributed by atoms with Crippen LogP contribution in [0, 0.1) is 11.7 Å². The standard InChI is InChI=1S/C19H21ClF4OS/c1-26-17-4-2-3-12-6-5-11(7-14(12)17)10-25-18-15(20)8-13(9-16(18)21)19(22,23)24/h8-9,11,17H,2-7,10H2,1H3. The molecule has 0 amide bonds. The lowest BCUT2D eigenvalue weighted by Gasteiger charge is -2.34. The second-order valence-corrected chi connectivity index (χ2v) is 8.38. The van der Waals surface area contributed by atoms with Crippen LogP contribution in [0.1, 0.15) is 44.1 Å². The summed E-state index contributed by atoms with van der Waals surface area (Å²) in [6.07, 6.45) is 3.98. The Kier molecular flexibility index (Phi) is 6.12. The normalized spacial score (nSPS) is 23.8. The van der Waals surface area contributed by atoms with E-state index in [0.29, 0.717) is 17.4 Å². The number of halogens is 5. The lowest BCUT2D eigenvalue weighted by atomic mass is 9.77. The van der Waals surface area contributed by atoms with E-state index in [-0.39, 0.29) is 23.3 Å². The number of thioether (sulfide) groups is 1. The molecule has 0 aliphatic heterocycles. The van der Waals surface area contributed by atoms with Crippen molar-refractivity contribution in [3.63, 3.8) is 0 Å². The highest BCUT2D eigenvalue weighted by molar-refractivity contribution is 7.99. The molecule has 144 valence electrons. The number of allylic oxidation sites excluding steroid dienone is 1. The third kappa shape index (κ3) is 4.33. The van der Waals surface area contributed by atoms with Crippen LogP contribution in [0.2, 0.25) is 5.02 Å². The van der Waals surface area contributed by atoms with Gasteiger partial charge in [-0.05, 0) is 62.8 Å². The van der Waals surface area contributed by atoms with Crippen molar-refractivity contribution in [2.45, 2.75) is 50.0 Å². The molecule has 3 rings (SSSR count). The van der Waals surface area contributed by atoms with E-state index in [1.807, 2.05) is 11.8 Å². The number of hydrogen-bond donors (Lipinski definition) is 0. The summed E-state index contributed by atoms with van der Waals surface area (Å²) in [5, 5.41) is 0.209. The molecule has 7 heteroatoms. The topological polar surface area (TPSA) is 9.23 Å². The fourth-order valence-electron chi connectivity index (χ4n) is 3.88. The average Bonchev–Trinajstić information content (AvgIpc) is 2.59. The minimum Gasteiger partial charge on any atom is -0.489 e. The Bertz CT molecular complexity index is 678. The summed E-state index contributed by atoms with van der Waals surface area (Å²) >= 11 is 7.71. The second kappa shape index (κ2) is 8.01. The first kappa shape index (κ1) is 19.9. The van der Waals surface area contributed by atoms with Crippen molar-refractivity contribution in [2.75, 3.05) is 12.9 Å². The van der Waals surface area contributed by atoms with Gasteiger partial charge in [0.2, 0.25) is 0 Å².